The summed E-state index contributed by atoms with van der Waals surface area (Å²) in [5.41, 5.74) is 9.45. The van der Waals surface area contributed by atoms with E-state index in [9.17, 15) is 9.90 Å². The highest BCUT2D eigenvalue weighted by molar-refractivity contribution is 6.02. The molecule has 0 spiro atoms. The number of anilines is 3. The molecule has 1 unspecified atom stereocenters. The average molecular weight is 411 g/mol. The number of aliphatic hydroxyl groups excluding tert-OH is 1. The smallest absolute Gasteiger partial charge is 0.231 e. The molecule has 8 heteroatoms. The summed E-state index contributed by atoms with van der Waals surface area (Å²) in [7, 11) is 0. The minimum Gasteiger partial charge on any atom is -0.396 e. The number of rotatable bonds is 7. The van der Waals surface area contributed by atoms with Gasteiger partial charge in [-0.1, -0.05) is 6.07 Å². The second kappa shape index (κ2) is 8.97. The van der Waals surface area contributed by atoms with Crippen LogP contribution in [0.1, 0.15) is 29.7 Å². The molecule has 2 aliphatic heterocycles. The number of likely N-dealkylation sites (tertiary alicyclic amines) is 1. The van der Waals surface area contributed by atoms with Crippen molar-refractivity contribution in [3.8, 4) is 0 Å². The average Bonchev–Trinajstić information content (AvgIpc) is 3.05. The largest absolute Gasteiger partial charge is 0.396 e. The Kier molecular flexibility index (Phi) is 6.15. The van der Waals surface area contributed by atoms with Gasteiger partial charge in [-0.25, -0.2) is 9.97 Å². The molecule has 2 aliphatic rings. The number of nitrogens with one attached hydrogen (secondary N) is 1. The molecule has 30 heavy (non-hydrogen) atoms. The first kappa shape index (κ1) is 20.6. The molecule has 1 fully saturated rings. The molecule has 0 aromatic carbocycles. The monoisotopic (exact) mass is 410 g/mol. The summed E-state index contributed by atoms with van der Waals surface area (Å²) in [5.74, 6) is 1.71. The number of nitrogens with two attached hydrogens (primary N) is 1. The Hall–Kier alpha value is -2.71. The van der Waals surface area contributed by atoms with E-state index in [0.29, 0.717) is 24.7 Å². The molecule has 0 bridgehead atoms. The first-order valence-electron chi connectivity index (χ1n) is 10.6. The molecule has 8 nitrogen and oxygen atoms in total. The van der Waals surface area contributed by atoms with Crippen LogP contribution in [-0.4, -0.2) is 58.7 Å². The molecule has 4 heterocycles. The Morgan fingerprint density at radius 2 is 2.23 bits per heavy atom. The molecule has 4 rings (SSSR count). The van der Waals surface area contributed by atoms with Crippen LogP contribution in [0, 0.1) is 12.8 Å². The number of pyridine rings is 2. The number of piperidine rings is 1. The normalized spacial score (nSPS) is 19.2. The Labute approximate surface area is 177 Å². The van der Waals surface area contributed by atoms with Crippen LogP contribution in [0.3, 0.4) is 0 Å². The molecule has 1 atom stereocenters. The Morgan fingerprint density at radius 3 is 3.00 bits per heavy atom. The molecule has 1 saturated heterocycles. The number of amides is 1. The maximum absolute atomic E-state index is 12.5. The standard InChI is InChI=1S/C22H30N6O2/c1-15-9-19-18(22(23)26-15)10-21(30)28(19)13-16-4-5-20(25-11-16)24-6-8-27-7-2-3-17(12-27)14-29/h4-5,9,11,17,29H,2-3,6-8,10,12-14H2,1H3,(H2,23,26)(H,24,25). The third kappa shape index (κ3) is 4.55. The Morgan fingerprint density at radius 1 is 1.37 bits per heavy atom. The van der Waals surface area contributed by atoms with Crippen molar-refractivity contribution in [2.24, 2.45) is 5.92 Å². The Bertz CT molecular complexity index is 901. The van der Waals surface area contributed by atoms with Gasteiger partial charge in [0.05, 0.1) is 18.7 Å². The molecule has 4 N–H and O–H groups in total. The van der Waals surface area contributed by atoms with E-state index < -0.39 is 0 Å². The van der Waals surface area contributed by atoms with Gasteiger partial charge in [0.15, 0.2) is 0 Å². The van der Waals surface area contributed by atoms with Crippen molar-refractivity contribution in [3.05, 3.63) is 41.2 Å². The van der Waals surface area contributed by atoms with Crippen LogP contribution >= 0.6 is 0 Å². The van der Waals surface area contributed by atoms with E-state index in [1.54, 1.807) is 4.90 Å². The number of aryl methyl sites for hydroxylation is 1. The molecule has 0 saturated carbocycles. The van der Waals surface area contributed by atoms with Gasteiger partial charge in [0.1, 0.15) is 11.6 Å². The van der Waals surface area contributed by atoms with Crippen molar-refractivity contribution in [1.29, 1.82) is 0 Å². The van der Waals surface area contributed by atoms with Crippen LogP contribution in [0.5, 0.6) is 0 Å². The summed E-state index contributed by atoms with van der Waals surface area (Å²) in [6.45, 7) is 6.44. The summed E-state index contributed by atoms with van der Waals surface area (Å²) in [4.78, 5) is 25.4. The highest BCUT2D eigenvalue weighted by atomic mass is 16.3. The van der Waals surface area contributed by atoms with E-state index in [0.717, 1.165) is 67.3 Å². The molecule has 2 aromatic heterocycles. The number of hydrogen-bond acceptors (Lipinski definition) is 7. The third-order valence-corrected chi connectivity index (χ3v) is 5.94. The maximum atomic E-state index is 12.5. The van der Waals surface area contributed by atoms with Crippen LogP contribution in [-0.2, 0) is 17.8 Å². The van der Waals surface area contributed by atoms with Crippen LogP contribution in [0.4, 0.5) is 17.3 Å². The number of nitrogen functional groups attached to an aromatic ring is 1. The number of carbonyl (C=O) groups excluding carboxylic acids is 1. The fourth-order valence-electron chi connectivity index (χ4n) is 4.33. The zero-order valence-electron chi connectivity index (χ0n) is 17.5. The van der Waals surface area contributed by atoms with Gasteiger partial charge in [-0.3, -0.25) is 4.79 Å². The molecule has 0 aliphatic carbocycles. The second-order valence-corrected chi connectivity index (χ2v) is 8.27. The van der Waals surface area contributed by atoms with Gasteiger partial charge in [0, 0.05) is 43.7 Å². The molecular weight excluding hydrogens is 380 g/mol. The van der Waals surface area contributed by atoms with Crippen LogP contribution in [0.25, 0.3) is 0 Å². The number of nitrogens with zero attached hydrogens (tertiary/aromatic N) is 4. The zero-order valence-corrected chi connectivity index (χ0v) is 17.5. The SMILES string of the molecule is Cc1cc2c(c(N)n1)CC(=O)N2Cc1ccc(NCCN2CCCC(CO)C2)nc1. The summed E-state index contributed by atoms with van der Waals surface area (Å²) in [6.07, 6.45) is 4.39. The van der Waals surface area contributed by atoms with E-state index in [4.69, 9.17) is 5.73 Å². The Balaban J connectivity index is 1.32. The first-order chi connectivity index (χ1) is 14.5. The quantitative estimate of drug-likeness (QED) is 0.636. The van der Waals surface area contributed by atoms with Crippen molar-refractivity contribution in [3.63, 3.8) is 0 Å². The lowest BCUT2D eigenvalue weighted by Crippen LogP contribution is -2.39. The van der Waals surface area contributed by atoms with E-state index in [1.807, 2.05) is 31.3 Å². The first-order valence-corrected chi connectivity index (χ1v) is 10.6. The van der Waals surface area contributed by atoms with Crippen LogP contribution in [0.2, 0.25) is 0 Å². The summed E-state index contributed by atoms with van der Waals surface area (Å²) in [5, 5.41) is 12.7. The molecular formula is C22H30N6O2. The summed E-state index contributed by atoms with van der Waals surface area (Å²) in [6, 6.07) is 5.87. The van der Waals surface area contributed by atoms with E-state index in [-0.39, 0.29) is 12.5 Å². The van der Waals surface area contributed by atoms with Gasteiger partial charge in [-0.2, -0.15) is 0 Å². The predicted octanol–water partition coefficient (Wildman–Crippen LogP) is 1.57. The number of fused-ring (bicyclic) bond motifs is 1. The second-order valence-electron chi connectivity index (χ2n) is 8.27. The summed E-state index contributed by atoms with van der Waals surface area (Å²) >= 11 is 0. The number of aliphatic hydroxyl groups is 1. The van der Waals surface area contributed by atoms with E-state index in [2.05, 4.69) is 20.2 Å². The van der Waals surface area contributed by atoms with Crippen LogP contribution in [0.15, 0.2) is 24.4 Å². The minimum absolute atomic E-state index is 0.0361. The molecule has 0 radical (unpaired) electrons. The van der Waals surface area contributed by atoms with E-state index >= 15 is 0 Å². The lowest BCUT2D eigenvalue weighted by molar-refractivity contribution is -0.117. The number of hydrogen-bond donors (Lipinski definition) is 3. The minimum atomic E-state index is 0.0361. The van der Waals surface area contributed by atoms with Crippen LogP contribution < -0.4 is 16.0 Å². The zero-order chi connectivity index (χ0) is 21.1. The van der Waals surface area contributed by atoms with Gasteiger partial charge in [-0.05, 0) is 49.9 Å². The van der Waals surface area contributed by atoms with Crippen molar-refractivity contribution in [2.75, 3.05) is 48.7 Å². The molecule has 160 valence electrons. The molecule has 1 amide bonds. The van der Waals surface area contributed by atoms with Crippen molar-refractivity contribution in [1.82, 2.24) is 14.9 Å². The topological polar surface area (TPSA) is 108 Å². The fourth-order valence-corrected chi connectivity index (χ4v) is 4.33. The van der Waals surface area contributed by atoms with Gasteiger partial charge in [0.25, 0.3) is 0 Å². The third-order valence-electron chi connectivity index (χ3n) is 5.94. The lowest BCUT2D eigenvalue weighted by Gasteiger charge is -2.31. The highest BCUT2D eigenvalue weighted by Gasteiger charge is 2.30. The van der Waals surface area contributed by atoms with Crippen molar-refractivity contribution < 1.29 is 9.90 Å². The van der Waals surface area contributed by atoms with Gasteiger partial charge < -0.3 is 26.0 Å². The van der Waals surface area contributed by atoms with Crippen molar-refractivity contribution >= 4 is 23.2 Å². The van der Waals surface area contributed by atoms with Gasteiger partial charge >= 0.3 is 0 Å². The fraction of sp³-hybridized carbons (Fsp3) is 0.500. The molecule has 2 aromatic rings. The number of aromatic nitrogens is 2. The lowest BCUT2D eigenvalue weighted by atomic mass is 9.99. The van der Waals surface area contributed by atoms with E-state index in [1.165, 1.54) is 0 Å². The van der Waals surface area contributed by atoms with Gasteiger partial charge in [0.2, 0.25) is 5.91 Å². The number of carbonyl (C=O) groups is 1. The van der Waals surface area contributed by atoms with Crippen molar-refractivity contribution in [2.45, 2.75) is 32.7 Å². The maximum Gasteiger partial charge on any atom is 0.231 e. The predicted molar refractivity (Wildman–Crippen MR) is 117 cm³/mol. The van der Waals surface area contributed by atoms with Gasteiger partial charge in [-0.15, -0.1) is 0 Å². The highest BCUT2D eigenvalue weighted by Crippen LogP contribution is 2.33. The summed E-state index contributed by atoms with van der Waals surface area (Å²) < 4.78 is 0.